The maximum Gasteiger partial charge on any atom is 0.481 e. The van der Waals surface area contributed by atoms with Gasteiger partial charge in [-0.05, 0) is 18.7 Å². The summed E-state index contributed by atoms with van der Waals surface area (Å²) in [6.07, 6.45) is -11.0. The maximum absolute atomic E-state index is 13.0. The van der Waals surface area contributed by atoms with Crippen LogP contribution in [0.3, 0.4) is 0 Å². The van der Waals surface area contributed by atoms with E-state index in [0.717, 1.165) is 6.55 Å². The molecule has 0 aliphatic heterocycles. The highest BCUT2D eigenvalue weighted by Gasteiger charge is 2.63. The molecule has 108 valence electrons. The molecule has 0 amide bonds. The van der Waals surface area contributed by atoms with Gasteiger partial charge in [0.2, 0.25) is 0 Å². The molecule has 0 radical (unpaired) electrons. The lowest BCUT2D eigenvalue weighted by Crippen LogP contribution is -2.58. The first-order valence-electron chi connectivity index (χ1n) is 5.46. The van der Waals surface area contributed by atoms with Crippen LogP contribution in [0.1, 0.15) is 6.92 Å². The molecule has 1 aromatic carbocycles. The minimum atomic E-state index is -5.77. The molecule has 0 heterocycles. The summed E-state index contributed by atoms with van der Waals surface area (Å²) in [6.45, 7) is 2.64. The van der Waals surface area contributed by atoms with Crippen molar-refractivity contribution in [3.63, 3.8) is 0 Å². The molecule has 19 heavy (non-hydrogen) atoms. The van der Waals surface area contributed by atoms with Crippen LogP contribution in [-0.4, -0.2) is 27.5 Å². The third-order valence-electron chi connectivity index (χ3n) is 2.37. The van der Waals surface area contributed by atoms with E-state index < -0.39 is 20.8 Å². The Kier molecular flexibility index (Phi) is 4.70. The van der Waals surface area contributed by atoms with Crippen LogP contribution < -0.4 is 5.19 Å². The molecule has 0 saturated heterocycles. The molecular weight excluding hydrogens is 287 g/mol. The lowest BCUT2D eigenvalue weighted by molar-refractivity contribution is -0.367. The fraction of sp³-hybridized carbons (Fsp3) is 0.455. The Bertz CT molecular complexity index is 409. The van der Waals surface area contributed by atoms with E-state index in [1.807, 2.05) is 0 Å². The molecule has 0 aliphatic carbocycles. The molecule has 0 bridgehead atoms. The van der Waals surface area contributed by atoms with E-state index in [2.05, 4.69) is 4.43 Å². The van der Waals surface area contributed by atoms with E-state index in [0.29, 0.717) is 0 Å². The summed E-state index contributed by atoms with van der Waals surface area (Å²) >= 11 is 0. The fourth-order valence-corrected chi connectivity index (χ4v) is 3.79. The van der Waals surface area contributed by atoms with Crippen LogP contribution in [-0.2, 0) is 8.85 Å². The van der Waals surface area contributed by atoms with E-state index in [1.54, 1.807) is 6.07 Å². The number of hydrogen-bond acceptors (Lipinski definition) is 2. The predicted molar refractivity (Wildman–Crippen MR) is 61.4 cm³/mol. The van der Waals surface area contributed by atoms with Crippen molar-refractivity contribution in [3.8, 4) is 0 Å². The van der Waals surface area contributed by atoms with Crippen molar-refractivity contribution in [2.75, 3.05) is 6.61 Å². The van der Waals surface area contributed by atoms with Crippen LogP contribution in [0.15, 0.2) is 30.3 Å². The second-order valence-corrected chi connectivity index (χ2v) is 6.82. The van der Waals surface area contributed by atoms with Crippen LogP contribution in [0.5, 0.6) is 0 Å². The van der Waals surface area contributed by atoms with Gasteiger partial charge in [-0.3, -0.25) is 0 Å². The zero-order chi connectivity index (χ0) is 14.7. The Morgan fingerprint density at radius 1 is 1.05 bits per heavy atom. The standard InChI is InChI=1S/C11H13F5O2Si/c1-3-17-19(2,9-7-5-4-6-8-9)18-11(15,16)10(12,13)14/h4-8H,3H2,1-2H3. The molecule has 1 unspecified atom stereocenters. The largest absolute Gasteiger partial charge is 0.481 e. The molecule has 8 heteroatoms. The predicted octanol–water partition coefficient (Wildman–Crippen LogP) is 3.17. The van der Waals surface area contributed by atoms with Crippen LogP contribution in [0, 0.1) is 0 Å². The topological polar surface area (TPSA) is 18.5 Å². The minimum absolute atomic E-state index is 0.0223. The summed E-state index contributed by atoms with van der Waals surface area (Å²) in [5, 5.41) is 0.209. The number of halogens is 5. The second-order valence-electron chi connectivity index (χ2n) is 3.86. The molecule has 0 spiro atoms. The zero-order valence-electron chi connectivity index (χ0n) is 10.3. The highest BCUT2D eigenvalue weighted by Crippen LogP contribution is 2.38. The summed E-state index contributed by atoms with van der Waals surface area (Å²) in [6, 6.07) is 7.48. The second kappa shape index (κ2) is 5.56. The summed E-state index contributed by atoms with van der Waals surface area (Å²) < 4.78 is 71.9. The molecular formula is C11H13F5O2Si. The van der Waals surface area contributed by atoms with E-state index >= 15 is 0 Å². The molecule has 1 rings (SSSR count). The lowest BCUT2D eigenvalue weighted by atomic mass is 10.4. The lowest BCUT2D eigenvalue weighted by Gasteiger charge is -2.31. The van der Waals surface area contributed by atoms with Gasteiger partial charge in [0.1, 0.15) is 0 Å². The molecule has 0 aromatic heterocycles. The SMILES string of the molecule is CCO[Si](C)(OC(F)(F)C(F)(F)F)c1ccccc1. The van der Waals surface area contributed by atoms with Gasteiger partial charge < -0.3 is 8.85 Å². The average molecular weight is 300 g/mol. The number of rotatable bonds is 5. The van der Waals surface area contributed by atoms with Gasteiger partial charge in [0.15, 0.2) is 0 Å². The first kappa shape index (κ1) is 16.1. The fourth-order valence-electron chi connectivity index (χ4n) is 1.49. The first-order chi connectivity index (χ1) is 8.62. The molecule has 0 saturated carbocycles. The highest BCUT2D eigenvalue weighted by molar-refractivity contribution is 6.80. The van der Waals surface area contributed by atoms with Crippen molar-refractivity contribution in [2.45, 2.75) is 25.8 Å². The van der Waals surface area contributed by atoms with Crippen LogP contribution >= 0.6 is 0 Å². The van der Waals surface area contributed by atoms with E-state index in [-0.39, 0.29) is 11.8 Å². The average Bonchev–Trinajstić information content (AvgIpc) is 2.28. The van der Waals surface area contributed by atoms with Gasteiger partial charge in [-0.1, -0.05) is 30.3 Å². The van der Waals surface area contributed by atoms with Crippen LogP contribution in [0.2, 0.25) is 6.55 Å². The Morgan fingerprint density at radius 2 is 1.58 bits per heavy atom. The summed E-state index contributed by atoms with van der Waals surface area (Å²) in [5.41, 5.74) is 0. The maximum atomic E-state index is 13.0. The molecule has 2 nitrogen and oxygen atoms in total. The van der Waals surface area contributed by atoms with Gasteiger partial charge >= 0.3 is 20.8 Å². The number of hydrogen-bond donors (Lipinski definition) is 0. The molecule has 1 atom stereocenters. The monoisotopic (exact) mass is 300 g/mol. The van der Waals surface area contributed by atoms with Crippen molar-refractivity contribution < 1.29 is 30.8 Å². The van der Waals surface area contributed by atoms with Crippen molar-refractivity contribution in [1.29, 1.82) is 0 Å². The van der Waals surface area contributed by atoms with Gasteiger partial charge in [-0.25, -0.2) is 0 Å². The molecule has 0 N–H and O–H groups in total. The van der Waals surface area contributed by atoms with Gasteiger partial charge in [0.25, 0.3) is 0 Å². The third-order valence-corrected chi connectivity index (χ3v) is 5.24. The van der Waals surface area contributed by atoms with E-state index in [4.69, 9.17) is 4.43 Å². The molecule has 0 aliphatic rings. The Labute approximate surface area is 108 Å². The van der Waals surface area contributed by atoms with E-state index in [1.165, 1.54) is 31.2 Å². The highest BCUT2D eigenvalue weighted by atomic mass is 28.4. The summed E-state index contributed by atoms with van der Waals surface area (Å²) in [7, 11) is -3.84. The van der Waals surface area contributed by atoms with Gasteiger partial charge in [0, 0.05) is 6.61 Å². The van der Waals surface area contributed by atoms with Crippen LogP contribution in [0.25, 0.3) is 0 Å². The molecule has 0 fully saturated rings. The molecule has 1 aromatic rings. The van der Waals surface area contributed by atoms with E-state index in [9.17, 15) is 22.0 Å². The van der Waals surface area contributed by atoms with Crippen molar-refractivity contribution >= 4 is 13.7 Å². The zero-order valence-corrected chi connectivity index (χ0v) is 11.3. The Balaban J connectivity index is 3.08. The van der Waals surface area contributed by atoms with Crippen molar-refractivity contribution in [1.82, 2.24) is 0 Å². The summed E-state index contributed by atoms with van der Waals surface area (Å²) in [4.78, 5) is 0. The van der Waals surface area contributed by atoms with Crippen molar-refractivity contribution in [3.05, 3.63) is 30.3 Å². The quantitative estimate of drug-likeness (QED) is 0.614. The van der Waals surface area contributed by atoms with Gasteiger partial charge in [-0.2, -0.15) is 22.0 Å². The first-order valence-corrected chi connectivity index (χ1v) is 7.78. The van der Waals surface area contributed by atoms with Gasteiger partial charge in [0.05, 0.1) is 0 Å². The normalized spacial score (nSPS) is 16.2. The number of benzene rings is 1. The smallest absolute Gasteiger partial charge is 0.391 e. The van der Waals surface area contributed by atoms with Gasteiger partial charge in [-0.15, -0.1) is 0 Å². The van der Waals surface area contributed by atoms with Crippen LogP contribution in [0.4, 0.5) is 22.0 Å². The van der Waals surface area contributed by atoms with Crippen molar-refractivity contribution in [2.24, 2.45) is 0 Å². The Morgan fingerprint density at radius 3 is 2.00 bits per heavy atom. The third kappa shape index (κ3) is 3.74. The number of alkyl halides is 5. The summed E-state index contributed by atoms with van der Waals surface area (Å²) in [5.74, 6) is 0. The minimum Gasteiger partial charge on any atom is -0.391 e. The Hall–Kier alpha value is -0.993.